The predicted molar refractivity (Wildman–Crippen MR) is 62.3 cm³/mol. The Kier molecular flexibility index (Phi) is 3.93. The number of rotatable bonds is 3. The molecule has 88 valence electrons. The van der Waals surface area contributed by atoms with Gasteiger partial charge in [0.15, 0.2) is 9.84 Å². The van der Waals surface area contributed by atoms with Crippen LogP contribution in [0.4, 0.5) is 4.79 Å². The van der Waals surface area contributed by atoms with Gasteiger partial charge < -0.3 is 4.90 Å². The summed E-state index contributed by atoms with van der Waals surface area (Å²) < 4.78 is 22.4. The molecule has 0 unspecified atom stereocenters. The average molecular weight is 262 g/mol. The van der Waals surface area contributed by atoms with Crippen LogP contribution in [0.25, 0.3) is 0 Å². The van der Waals surface area contributed by atoms with E-state index in [1.807, 2.05) is 0 Å². The third-order valence-corrected chi connectivity index (χ3v) is 3.49. The van der Waals surface area contributed by atoms with Crippen LogP contribution < -0.4 is 0 Å². The number of carbonyl (C=O) groups is 1. The van der Waals surface area contributed by atoms with E-state index in [4.69, 9.17) is 11.6 Å². The second kappa shape index (κ2) is 4.84. The highest BCUT2D eigenvalue weighted by molar-refractivity contribution is 7.90. The first kappa shape index (κ1) is 13.0. The van der Waals surface area contributed by atoms with E-state index >= 15 is 0 Å². The van der Waals surface area contributed by atoms with Gasteiger partial charge in [-0.15, -0.1) is 0 Å². The molecule has 1 rings (SSSR count). The molecule has 0 saturated heterocycles. The SMILES string of the molecule is CN(Cc1ccc(S(C)(=O)=O)cc1)C(=O)Cl. The fourth-order valence-corrected chi connectivity index (χ4v) is 1.87. The van der Waals surface area contributed by atoms with Crippen LogP contribution in [0.15, 0.2) is 29.2 Å². The molecule has 0 fully saturated rings. The summed E-state index contributed by atoms with van der Waals surface area (Å²) in [4.78, 5) is 12.4. The first-order chi connectivity index (χ1) is 7.30. The third-order valence-electron chi connectivity index (χ3n) is 2.07. The number of nitrogens with zero attached hydrogens (tertiary/aromatic N) is 1. The van der Waals surface area contributed by atoms with Gasteiger partial charge in [0.1, 0.15) is 0 Å². The molecule has 0 bridgehead atoms. The van der Waals surface area contributed by atoms with E-state index in [-0.39, 0.29) is 4.90 Å². The van der Waals surface area contributed by atoms with E-state index in [1.165, 1.54) is 17.0 Å². The van der Waals surface area contributed by atoms with Gasteiger partial charge in [-0.05, 0) is 29.3 Å². The van der Waals surface area contributed by atoms with Crippen molar-refractivity contribution in [3.05, 3.63) is 29.8 Å². The highest BCUT2D eigenvalue weighted by Crippen LogP contribution is 2.12. The quantitative estimate of drug-likeness (QED) is 0.617. The van der Waals surface area contributed by atoms with Gasteiger partial charge in [0, 0.05) is 19.8 Å². The maximum absolute atomic E-state index is 11.2. The first-order valence-corrected chi connectivity index (χ1v) is 6.77. The van der Waals surface area contributed by atoms with Crippen molar-refractivity contribution < 1.29 is 13.2 Å². The summed E-state index contributed by atoms with van der Waals surface area (Å²) in [6.45, 7) is 0.354. The smallest absolute Gasteiger partial charge is 0.316 e. The van der Waals surface area contributed by atoms with Crippen molar-refractivity contribution in [2.75, 3.05) is 13.3 Å². The van der Waals surface area contributed by atoms with Crippen molar-refractivity contribution in [1.82, 2.24) is 4.90 Å². The number of hydrogen-bond donors (Lipinski definition) is 0. The number of benzene rings is 1. The van der Waals surface area contributed by atoms with Crippen molar-refractivity contribution in [2.45, 2.75) is 11.4 Å². The minimum absolute atomic E-state index is 0.260. The van der Waals surface area contributed by atoms with Gasteiger partial charge in [-0.3, -0.25) is 4.79 Å². The molecule has 0 aliphatic rings. The van der Waals surface area contributed by atoms with E-state index in [0.29, 0.717) is 6.54 Å². The van der Waals surface area contributed by atoms with Crippen molar-refractivity contribution in [3.8, 4) is 0 Å². The average Bonchev–Trinajstić information content (AvgIpc) is 2.17. The number of halogens is 1. The van der Waals surface area contributed by atoms with Crippen molar-refractivity contribution in [3.63, 3.8) is 0 Å². The maximum Gasteiger partial charge on any atom is 0.316 e. The Bertz CT molecular complexity index is 481. The number of sulfone groups is 1. The van der Waals surface area contributed by atoms with E-state index in [9.17, 15) is 13.2 Å². The van der Waals surface area contributed by atoms with Gasteiger partial charge in [0.2, 0.25) is 0 Å². The van der Waals surface area contributed by atoms with E-state index in [2.05, 4.69) is 0 Å². The van der Waals surface area contributed by atoms with Gasteiger partial charge in [-0.25, -0.2) is 8.42 Å². The van der Waals surface area contributed by atoms with Gasteiger partial charge in [-0.2, -0.15) is 0 Å². The van der Waals surface area contributed by atoms with Crippen molar-refractivity contribution in [1.29, 1.82) is 0 Å². The summed E-state index contributed by atoms with van der Waals surface area (Å²) in [5.41, 5.74) is 0.823. The standard InChI is InChI=1S/C10H12ClNO3S/c1-12(10(11)13)7-8-3-5-9(6-4-8)16(2,14)15/h3-6H,7H2,1-2H3. The fraction of sp³-hybridized carbons (Fsp3) is 0.300. The molecule has 16 heavy (non-hydrogen) atoms. The zero-order valence-corrected chi connectivity index (χ0v) is 10.5. The Morgan fingerprint density at radius 3 is 2.19 bits per heavy atom. The number of carbonyl (C=O) groups excluding carboxylic acids is 1. The van der Waals surface area contributed by atoms with Gasteiger partial charge >= 0.3 is 5.37 Å². The molecular formula is C10H12ClNO3S. The highest BCUT2D eigenvalue weighted by Gasteiger charge is 2.08. The monoisotopic (exact) mass is 261 g/mol. The van der Waals surface area contributed by atoms with E-state index in [1.54, 1.807) is 19.2 Å². The molecule has 0 N–H and O–H groups in total. The Labute approximate surface area is 99.7 Å². The Morgan fingerprint density at radius 1 is 1.31 bits per heavy atom. The normalized spacial score (nSPS) is 11.2. The van der Waals surface area contributed by atoms with Crippen LogP contribution in [0.5, 0.6) is 0 Å². The van der Waals surface area contributed by atoms with Crippen LogP contribution in [-0.4, -0.2) is 32.0 Å². The summed E-state index contributed by atoms with van der Waals surface area (Å²) in [5, 5.41) is -0.549. The van der Waals surface area contributed by atoms with Crippen LogP contribution in [0, 0.1) is 0 Å². The molecule has 0 aliphatic heterocycles. The van der Waals surface area contributed by atoms with Crippen molar-refractivity contribution >= 4 is 26.8 Å². The zero-order valence-electron chi connectivity index (χ0n) is 8.97. The lowest BCUT2D eigenvalue weighted by atomic mass is 10.2. The van der Waals surface area contributed by atoms with Gasteiger partial charge in [0.25, 0.3) is 0 Å². The molecule has 0 aliphatic carbocycles. The summed E-state index contributed by atoms with van der Waals surface area (Å²) in [6.07, 6.45) is 1.15. The van der Waals surface area contributed by atoms with E-state index in [0.717, 1.165) is 11.8 Å². The minimum Gasteiger partial charge on any atom is -0.328 e. The molecule has 1 aromatic rings. The van der Waals surface area contributed by atoms with Gasteiger partial charge in [-0.1, -0.05) is 12.1 Å². The molecule has 0 heterocycles. The van der Waals surface area contributed by atoms with Crippen LogP contribution in [0.1, 0.15) is 5.56 Å². The molecule has 0 radical (unpaired) electrons. The lowest BCUT2D eigenvalue weighted by Gasteiger charge is -2.13. The third kappa shape index (κ3) is 3.50. The first-order valence-electron chi connectivity index (χ1n) is 4.50. The Balaban J connectivity index is 2.84. The second-order valence-electron chi connectivity index (χ2n) is 3.53. The van der Waals surface area contributed by atoms with Crippen LogP contribution in [0.2, 0.25) is 0 Å². The molecule has 4 nitrogen and oxygen atoms in total. The largest absolute Gasteiger partial charge is 0.328 e. The lowest BCUT2D eigenvalue weighted by molar-refractivity contribution is 0.230. The molecule has 0 aromatic heterocycles. The zero-order chi connectivity index (χ0) is 12.3. The summed E-state index contributed by atoms with van der Waals surface area (Å²) in [5.74, 6) is 0. The summed E-state index contributed by atoms with van der Waals surface area (Å²) in [6, 6.07) is 6.34. The van der Waals surface area contributed by atoms with Crippen LogP contribution in [0.3, 0.4) is 0 Å². The Morgan fingerprint density at radius 2 is 1.81 bits per heavy atom. The topological polar surface area (TPSA) is 54.5 Å². The van der Waals surface area contributed by atoms with Gasteiger partial charge in [0.05, 0.1) is 4.90 Å². The molecule has 0 spiro atoms. The van der Waals surface area contributed by atoms with Crippen LogP contribution >= 0.6 is 11.6 Å². The van der Waals surface area contributed by atoms with E-state index < -0.39 is 15.2 Å². The lowest BCUT2D eigenvalue weighted by Crippen LogP contribution is -2.19. The summed E-state index contributed by atoms with van der Waals surface area (Å²) in [7, 11) is -1.60. The Hall–Kier alpha value is -1.07. The minimum atomic E-state index is -3.17. The van der Waals surface area contributed by atoms with Crippen LogP contribution in [-0.2, 0) is 16.4 Å². The molecule has 0 saturated carbocycles. The second-order valence-corrected chi connectivity index (χ2v) is 5.86. The maximum atomic E-state index is 11.2. The molecular weight excluding hydrogens is 250 g/mol. The highest BCUT2D eigenvalue weighted by atomic mass is 35.5. The number of hydrogen-bond acceptors (Lipinski definition) is 3. The predicted octanol–water partition coefficient (Wildman–Crippen LogP) is 1.88. The summed E-state index contributed by atoms with van der Waals surface area (Å²) >= 11 is 5.27. The fourth-order valence-electron chi connectivity index (χ4n) is 1.18. The molecule has 0 atom stereocenters. The molecule has 6 heteroatoms. The van der Waals surface area contributed by atoms with Crippen molar-refractivity contribution in [2.24, 2.45) is 0 Å². The number of amides is 1. The molecule has 1 amide bonds. The molecule has 1 aromatic carbocycles.